The number of fused-ring (bicyclic) bond motifs is 2. The molecule has 170 valence electrons. The van der Waals surface area contributed by atoms with Crippen molar-refractivity contribution in [1.29, 1.82) is 0 Å². The highest BCUT2D eigenvalue weighted by Gasteiger charge is 2.41. The molecule has 32 heavy (non-hydrogen) atoms. The van der Waals surface area contributed by atoms with Gasteiger partial charge in [-0.1, -0.05) is 29.8 Å². The van der Waals surface area contributed by atoms with Crippen LogP contribution in [0.1, 0.15) is 31.1 Å². The van der Waals surface area contributed by atoms with E-state index in [-0.39, 0.29) is 42.5 Å². The third-order valence-electron chi connectivity index (χ3n) is 5.21. The monoisotopic (exact) mass is 465 g/mol. The summed E-state index contributed by atoms with van der Waals surface area (Å²) in [5, 5.41) is 0.184. The van der Waals surface area contributed by atoms with E-state index < -0.39 is 46.7 Å². The van der Waals surface area contributed by atoms with Crippen LogP contribution < -0.4 is 4.74 Å². The highest BCUT2D eigenvalue weighted by atomic mass is 35.5. The topological polar surface area (TPSA) is 72.0 Å². The van der Waals surface area contributed by atoms with E-state index in [1.165, 1.54) is 21.9 Å². The summed E-state index contributed by atoms with van der Waals surface area (Å²) in [4.78, 5) is 32.1. The maximum atomic E-state index is 15.4. The van der Waals surface area contributed by atoms with E-state index in [1.807, 2.05) is 0 Å². The van der Waals surface area contributed by atoms with Crippen molar-refractivity contribution < 1.29 is 27.8 Å². The van der Waals surface area contributed by atoms with Crippen molar-refractivity contribution in [3.63, 3.8) is 0 Å². The Balaban J connectivity index is 1.65. The van der Waals surface area contributed by atoms with Gasteiger partial charge < -0.3 is 19.3 Å². The van der Waals surface area contributed by atoms with Crippen molar-refractivity contribution in [3.8, 4) is 17.0 Å². The highest BCUT2D eigenvalue weighted by Crippen LogP contribution is 2.37. The molecule has 1 unspecified atom stereocenters. The van der Waals surface area contributed by atoms with Crippen molar-refractivity contribution in [2.45, 2.75) is 32.4 Å². The lowest BCUT2D eigenvalue weighted by molar-refractivity contribution is 0.000809. The fraction of sp³-hybridized carbons (Fsp3) is 0.409. The first kappa shape index (κ1) is 22.3. The number of piperazine rings is 1. The average molecular weight is 466 g/mol. The molecule has 4 rings (SSSR count). The zero-order chi connectivity index (χ0) is 23.2. The summed E-state index contributed by atoms with van der Waals surface area (Å²) in [6.07, 6.45) is -0.522. The molecule has 1 saturated heterocycles. The molecule has 3 heterocycles. The van der Waals surface area contributed by atoms with Crippen molar-refractivity contribution in [1.82, 2.24) is 14.8 Å². The van der Waals surface area contributed by atoms with Crippen LogP contribution in [0.5, 0.6) is 5.75 Å². The fourth-order valence-corrected chi connectivity index (χ4v) is 3.97. The molecular formula is C22H22ClF2N3O4. The summed E-state index contributed by atoms with van der Waals surface area (Å²) < 4.78 is 41.3. The summed E-state index contributed by atoms with van der Waals surface area (Å²) >= 11 is 6.12. The predicted octanol–water partition coefficient (Wildman–Crippen LogP) is 4.13. The van der Waals surface area contributed by atoms with Crippen LogP contribution in [0.25, 0.3) is 11.3 Å². The molecule has 1 aromatic carbocycles. The zero-order valence-electron chi connectivity index (χ0n) is 17.8. The molecular weight excluding hydrogens is 444 g/mol. The van der Waals surface area contributed by atoms with Gasteiger partial charge in [-0.25, -0.2) is 14.2 Å². The van der Waals surface area contributed by atoms with Crippen LogP contribution in [-0.4, -0.2) is 64.7 Å². The Morgan fingerprint density at radius 2 is 1.97 bits per heavy atom. The second-order valence-corrected chi connectivity index (χ2v) is 9.05. The van der Waals surface area contributed by atoms with Crippen LogP contribution in [-0.2, 0) is 4.74 Å². The van der Waals surface area contributed by atoms with Gasteiger partial charge in [0, 0.05) is 25.2 Å². The van der Waals surface area contributed by atoms with Gasteiger partial charge in [0.25, 0.3) is 5.91 Å². The Bertz CT molecular complexity index is 1090. The van der Waals surface area contributed by atoms with Crippen molar-refractivity contribution in [3.05, 3.63) is 46.6 Å². The number of benzene rings is 1. The van der Waals surface area contributed by atoms with Crippen LogP contribution in [0.4, 0.5) is 13.6 Å². The number of hydrogen-bond acceptors (Lipinski definition) is 5. The summed E-state index contributed by atoms with van der Waals surface area (Å²) in [5.41, 5.74) is -1.39. The molecule has 1 fully saturated rings. The van der Waals surface area contributed by atoms with E-state index in [0.29, 0.717) is 0 Å². The Morgan fingerprint density at radius 3 is 2.66 bits per heavy atom. The van der Waals surface area contributed by atoms with Crippen LogP contribution in [0.15, 0.2) is 24.3 Å². The predicted molar refractivity (Wildman–Crippen MR) is 113 cm³/mol. The molecule has 0 N–H and O–H groups in total. The standard InChI is InChI=1S/C22H22ClF2N3O4/c1-22(2,3)32-21(30)27-8-9-28-12(10-27)11-31-18-15(20(28)29)19(25)26-17(16(18)24)13-6-4-5-7-14(13)23/h4-7,12H,8-11H2,1-3H3. The maximum absolute atomic E-state index is 15.4. The number of carbonyl (C=O) groups excluding carboxylic acids is 2. The minimum Gasteiger partial charge on any atom is -0.487 e. The lowest BCUT2D eigenvalue weighted by Gasteiger charge is -2.40. The van der Waals surface area contributed by atoms with Crippen LogP contribution in [0.3, 0.4) is 0 Å². The van der Waals surface area contributed by atoms with Gasteiger partial charge in [0.2, 0.25) is 5.95 Å². The molecule has 2 aliphatic heterocycles. The first-order chi connectivity index (χ1) is 15.1. The summed E-state index contributed by atoms with van der Waals surface area (Å²) in [6, 6.07) is 5.69. The molecule has 0 radical (unpaired) electrons. The Hall–Kier alpha value is -2.94. The van der Waals surface area contributed by atoms with Gasteiger partial charge in [-0.05, 0) is 26.8 Å². The fourth-order valence-electron chi connectivity index (χ4n) is 3.75. The first-order valence-corrected chi connectivity index (χ1v) is 10.5. The second-order valence-electron chi connectivity index (χ2n) is 8.64. The van der Waals surface area contributed by atoms with Crippen LogP contribution >= 0.6 is 11.6 Å². The SMILES string of the molecule is CC(C)(C)OC(=O)N1CCN2C(=O)c3c(F)nc(-c4ccccc4Cl)c(F)c3OCC2C1. The summed E-state index contributed by atoms with van der Waals surface area (Å²) in [5.74, 6) is -3.35. The van der Waals surface area contributed by atoms with Crippen molar-refractivity contribution in [2.75, 3.05) is 26.2 Å². The number of ether oxygens (including phenoxy) is 2. The van der Waals surface area contributed by atoms with E-state index in [1.54, 1.807) is 32.9 Å². The second kappa shape index (κ2) is 8.20. The average Bonchev–Trinajstić information content (AvgIpc) is 2.87. The van der Waals surface area contributed by atoms with Gasteiger partial charge in [-0.3, -0.25) is 4.79 Å². The molecule has 2 amide bonds. The number of carbonyl (C=O) groups is 2. The van der Waals surface area contributed by atoms with Crippen LogP contribution in [0.2, 0.25) is 5.02 Å². The molecule has 0 spiro atoms. The molecule has 2 aromatic rings. The minimum absolute atomic E-state index is 0.114. The Morgan fingerprint density at radius 1 is 1.25 bits per heavy atom. The normalized spacial score (nSPS) is 18.4. The van der Waals surface area contributed by atoms with E-state index >= 15 is 4.39 Å². The third-order valence-corrected chi connectivity index (χ3v) is 5.54. The number of halogens is 3. The van der Waals surface area contributed by atoms with Gasteiger partial charge in [0.1, 0.15) is 23.5 Å². The first-order valence-electron chi connectivity index (χ1n) is 10.1. The van der Waals surface area contributed by atoms with Gasteiger partial charge >= 0.3 is 6.09 Å². The molecule has 0 saturated carbocycles. The molecule has 2 aliphatic rings. The van der Waals surface area contributed by atoms with Crippen molar-refractivity contribution >= 4 is 23.6 Å². The molecule has 1 atom stereocenters. The highest BCUT2D eigenvalue weighted by molar-refractivity contribution is 6.33. The lowest BCUT2D eigenvalue weighted by Crippen LogP contribution is -2.58. The number of hydrogen-bond donors (Lipinski definition) is 0. The molecule has 0 aliphatic carbocycles. The van der Waals surface area contributed by atoms with Gasteiger partial charge in [0.15, 0.2) is 11.6 Å². The number of rotatable bonds is 1. The molecule has 10 heteroatoms. The summed E-state index contributed by atoms with van der Waals surface area (Å²) in [6.45, 7) is 5.57. The molecule has 7 nitrogen and oxygen atoms in total. The minimum atomic E-state index is -1.14. The number of nitrogens with zero attached hydrogens (tertiary/aromatic N) is 3. The van der Waals surface area contributed by atoms with E-state index in [0.717, 1.165) is 0 Å². The zero-order valence-corrected chi connectivity index (χ0v) is 18.6. The lowest BCUT2D eigenvalue weighted by atomic mass is 10.1. The number of aromatic nitrogens is 1. The summed E-state index contributed by atoms with van der Waals surface area (Å²) in [7, 11) is 0. The van der Waals surface area contributed by atoms with Gasteiger partial charge in [-0.15, -0.1) is 0 Å². The number of pyridine rings is 1. The van der Waals surface area contributed by atoms with Crippen molar-refractivity contribution in [2.24, 2.45) is 0 Å². The van der Waals surface area contributed by atoms with E-state index in [9.17, 15) is 14.0 Å². The molecule has 1 aromatic heterocycles. The quantitative estimate of drug-likeness (QED) is 0.592. The Kier molecular flexibility index (Phi) is 5.70. The Labute approximate surface area is 188 Å². The van der Waals surface area contributed by atoms with E-state index in [4.69, 9.17) is 21.1 Å². The smallest absolute Gasteiger partial charge is 0.410 e. The molecule has 0 bridgehead atoms. The van der Waals surface area contributed by atoms with Gasteiger partial charge in [0.05, 0.1) is 11.1 Å². The number of amides is 2. The third kappa shape index (κ3) is 4.09. The van der Waals surface area contributed by atoms with Crippen LogP contribution in [0, 0.1) is 11.8 Å². The van der Waals surface area contributed by atoms with E-state index in [2.05, 4.69) is 4.98 Å². The largest absolute Gasteiger partial charge is 0.487 e. The maximum Gasteiger partial charge on any atom is 0.410 e. The van der Waals surface area contributed by atoms with Gasteiger partial charge in [-0.2, -0.15) is 4.39 Å².